The third-order valence-corrected chi connectivity index (χ3v) is 2.82. The number of carbonyl (C=O) groups is 1. The third kappa shape index (κ3) is 3.11. The molecule has 88 valence electrons. The Kier molecular flexibility index (Phi) is 3.83. The lowest BCUT2D eigenvalue weighted by Gasteiger charge is -2.09. The number of halogens is 1. The highest BCUT2D eigenvalue weighted by Crippen LogP contribution is 2.19. The topological polar surface area (TPSA) is 42.2 Å². The number of hydrogen-bond acceptors (Lipinski definition) is 2. The minimum absolute atomic E-state index is 0.209. The molecule has 0 fully saturated rings. The fourth-order valence-electron chi connectivity index (χ4n) is 1.45. The molecule has 1 amide bonds. The molecule has 1 aromatic carbocycles. The smallest absolute Gasteiger partial charge is 0.242 e. The van der Waals surface area contributed by atoms with Gasteiger partial charge in [0, 0.05) is 12.1 Å². The molecule has 1 N–H and O–H groups in total. The molecule has 0 bridgehead atoms. The monoisotopic (exact) mass is 249 g/mol. The van der Waals surface area contributed by atoms with Gasteiger partial charge in [-0.3, -0.25) is 4.79 Å². The molecule has 0 aliphatic rings. The largest absolute Gasteiger partial charge is 0.472 e. The predicted octanol–water partition coefficient (Wildman–Crippen LogP) is 2.88. The van der Waals surface area contributed by atoms with Crippen LogP contribution < -0.4 is 5.32 Å². The van der Waals surface area contributed by atoms with Crippen LogP contribution in [0.4, 0.5) is 0 Å². The summed E-state index contributed by atoms with van der Waals surface area (Å²) >= 11 is 6.06. The lowest BCUT2D eigenvalue weighted by molar-refractivity contribution is -0.121. The van der Waals surface area contributed by atoms with Crippen molar-refractivity contribution in [1.82, 2.24) is 5.32 Å². The second-order valence-electron chi connectivity index (χ2n) is 3.62. The molecule has 17 heavy (non-hydrogen) atoms. The Bertz CT molecular complexity index is 467. The Balaban J connectivity index is 1.92. The molecule has 4 heteroatoms. The zero-order valence-corrected chi connectivity index (χ0v) is 9.85. The van der Waals surface area contributed by atoms with E-state index < -0.39 is 5.38 Å². The van der Waals surface area contributed by atoms with E-state index >= 15 is 0 Å². The summed E-state index contributed by atoms with van der Waals surface area (Å²) in [5, 5.41) is 2.09. The molecule has 1 aromatic heterocycles. The number of furan rings is 1. The average molecular weight is 250 g/mol. The van der Waals surface area contributed by atoms with Crippen LogP contribution in [0, 0.1) is 0 Å². The molecule has 0 spiro atoms. The van der Waals surface area contributed by atoms with Gasteiger partial charge >= 0.3 is 0 Å². The third-order valence-electron chi connectivity index (χ3n) is 2.37. The van der Waals surface area contributed by atoms with Gasteiger partial charge in [-0.05, 0) is 11.6 Å². The van der Waals surface area contributed by atoms with E-state index in [9.17, 15) is 4.79 Å². The van der Waals surface area contributed by atoms with Gasteiger partial charge in [0.15, 0.2) is 0 Å². The first-order chi connectivity index (χ1) is 8.27. The zero-order chi connectivity index (χ0) is 12.1. The minimum Gasteiger partial charge on any atom is -0.472 e. The second-order valence-corrected chi connectivity index (χ2v) is 4.06. The van der Waals surface area contributed by atoms with Crippen molar-refractivity contribution in [3.05, 3.63) is 60.1 Å². The quantitative estimate of drug-likeness (QED) is 0.847. The molecule has 2 rings (SSSR count). The molecular formula is C13H12ClNO2. The summed E-state index contributed by atoms with van der Waals surface area (Å²) in [5.41, 5.74) is 1.70. The van der Waals surface area contributed by atoms with Crippen molar-refractivity contribution < 1.29 is 9.21 Å². The Morgan fingerprint density at radius 2 is 2.06 bits per heavy atom. The van der Waals surface area contributed by atoms with Gasteiger partial charge in [0.2, 0.25) is 5.91 Å². The Labute approximate surface area is 104 Å². The van der Waals surface area contributed by atoms with E-state index in [0.29, 0.717) is 6.54 Å². The fraction of sp³-hybridized carbons (Fsp3) is 0.154. The first kappa shape index (κ1) is 11.7. The van der Waals surface area contributed by atoms with Crippen molar-refractivity contribution in [2.24, 2.45) is 0 Å². The maximum absolute atomic E-state index is 11.8. The van der Waals surface area contributed by atoms with Crippen LogP contribution in [-0.4, -0.2) is 5.91 Å². The number of amides is 1. The minimum atomic E-state index is -0.664. The van der Waals surface area contributed by atoms with Gasteiger partial charge in [-0.15, -0.1) is 11.6 Å². The summed E-state index contributed by atoms with van der Waals surface area (Å²) < 4.78 is 4.91. The van der Waals surface area contributed by atoms with E-state index in [0.717, 1.165) is 11.1 Å². The van der Waals surface area contributed by atoms with Crippen molar-refractivity contribution in [1.29, 1.82) is 0 Å². The molecule has 1 atom stereocenters. The lowest BCUT2D eigenvalue weighted by atomic mass is 10.1. The van der Waals surface area contributed by atoms with Crippen LogP contribution in [0.5, 0.6) is 0 Å². The standard InChI is InChI=1S/C13H12ClNO2/c14-12(11-4-2-1-3-5-11)13(16)15-8-10-6-7-17-9-10/h1-7,9,12H,8H2,(H,15,16). The molecule has 3 nitrogen and oxygen atoms in total. The fourth-order valence-corrected chi connectivity index (χ4v) is 1.67. The number of hydrogen-bond donors (Lipinski definition) is 1. The average Bonchev–Trinajstić information content (AvgIpc) is 2.89. The Morgan fingerprint density at radius 1 is 1.29 bits per heavy atom. The van der Waals surface area contributed by atoms with E-state index in [2.05, 4.69) is 5.32 Å². The van der Waals surface area contributed by atoms with E-state index in [-0.39, 0.29) is 5.91 Å². The molecule has 0 saturated carbocycles. The summed E-state index contributed by atoms with van der Waals surface area (Å²) in [7, 11) is 0. The predicted molar refractivity (Wildman–Crippen MR) is 65.6 cm³/mol. The summed E-state index contributed by atoms with van der Waals surface area (Å²) in [6.45, 7) is 0.422. The molecule has 0 aliphatic heterocycles. The first-order valence-corrected chi connectivity index (χ1v) is 5.69. The Hall–Kier alpha value is -1.74. The molecule has 2 aromatic rings. The summed E-state index contributed by atoms with van der Waals surface area (Å²) in [5.74, 6) is -0.209. The van der Waals surface area contributed by atoms with Gasteiger partial charge in [-0.1, -0.05) is 30.3 Å². The highest BCUT2D eigenvalue weighted by atomic mass is 35.5. The van der Waals surface area contributed by atoms with Crippen molar-refractivity contribution in [3.8, 4) is 0 Å². The number of nitrogens with one attached hydrogen (secondary N) is 1. The second kappa shape index (κ2) is 5.55. The molecule has 0 saturated heterocycles. The van der Waals surface area contributed by atoms with Gasteiger partial charge < -0.3 is 9.73 Å². The SMILES string of the molecule is O=C(NCc1ccoc1)C(Cl)c1ccccc1. The van der Waals surface area contributed by atoms with Gasteiger partial charge in [0.25, 0.3) is 0 Å². The molecule has 0 radical (unpaired) electrons. The zero-order valence-electron chi connectivity index (χ0n) is 9.10. The van der Waals surface area contributed by atoms with Crippen LogP contribution in [-0.2, 0) is 11.3 Å². The molecular weight excluding hydrogens is 238 g/mol. The number of rotatable bonds is 4. The normalized spacial score (nSPS) is 12.1. The summed E-state index contributed by atoms with van der Waals surface area (Å²) in [6.07, 6.45) is 3.16. The lowest BCUT2D eigenvalue weighted by Crippen LogP contribution is -2.26. The van der Waals surface area contributed by atoms with Gasteiger partial charge in [-0.25, -0.2) is 0 Å². The van der Waals surface area contributed by atoms with Crippen LogP contribution in [0.3, 0.4) is 0 Å². The van der Waals surface area contributed by atoms with Crippen molar-refractivity contribution in [2.75, 3.05) is 0 Å². The van der Waals surface area contributed by atoms with E-state index in [1.54, 1.807) is 18.6 Å². The van der Waals surface area contributed by atoms with Crippen LogP contribution in [0.25, 0.3) is 0 Å². The van der Waals surface area contributed by atoms with E-state index in [4.69, 9.17) is 16.0 Å². The van der Waals surface area contributed by atoms with Gasteiger partial charge in [0.1, 0.15) is 5.38 Å². The molecule has 0 aliphatic carbocycles. The van der Waals surface area contributed by atoms with Gasteiger partial charge in [-0.2, -0.15) is 0 Å². The van der Waals surface area contributed by atoms with Crippen LogP contribution in [0.1, 0.15) is 16.5 Å². The van der Waals surface area contributed by atoms with E-state index in [1.807, 2.05) is 30.3 Å². The summed E-state index contributed by atoms with van der Waals surface area (Å²) in [6, 6.07) is 11.1. The number of carbonyl (C=O) groups excluding carboxylic acids is 1. The van der Waals surface area contributed by atoms with Crippen molar-refractivity contribution in [2.45, 2.75) is 11.9 Å². The highest BCUT2D eigenvalue weighted by molar-refractivity contribution is 6.30. The van der Waals surface area contributed by atoms with Crippen LogP contribution in [0.2, 0.25) is 0 Å². The van der Waals surface area contributed by atoms with Crippen molar-refractivity contribution >= 4 is 17.5 Å². The number of alkyl halides is 1. The maximum atomic E-state index is 11.8. The highest BCUT2D eigenvalue weighted by Gasteiger charge is 2.16. The first-order valence-electron chi connectivity index (χ1n) is 5.25. The summed E-state index contributed by atoms with van der Waals surface area (Å²) in [4.78, 5) is 11.8. The molecule has 1 unspecified atom stereocenters. The van der Waals surface area contributed by atoms with Crippen LogP contribution in [0.15, 0.2) is 53.3 Å². The van der Waals surface area contributed by atoms with Gasteiger partial charge in [0.05, 0.1) is 12.5 Å². The molecule has 1 heterocycles. The maximum Gasteiger partial charge on any atom is 0.242 e. The van der Waals surface area contributed by atoms with Crippen molar-refractivity contribution in [3.63, 3.8) is 0 Å². The number of benzene rings is 1. The van der Waals surface area contributed by atoms with E-state index in [1.165, 1.54) is 0 Å². The Morgan fingerprint density at radius 3 is 2.71 bits per heavy atom. The van der Waals surface area contributed by atoms with Crippen LogP contribution >= 0.6 is 11.6 Å².